The van der Waals surface area contributed by atoms with Crippen LogP contribution < -0.4 is 15.4 Å². The average Bonchev–Trinajstić information content (AvgIpc) is 2.87. The summed E-state index contributed by atoms with van der Waals surface area (Å²) in [6.07, 6.45) is -0.458. The van der Waals surface area contributed by atoms with Gasteiger partial charge in [0.2, 0.25) is 10.0 Å². The molecule has 7 nitrogen and oxygen atoms in total. The van der Waals surface area contributed by atoms with Crippen molar-refractivity contribution in [2.75, 3.05) is 19.6 Å². The van der Waals surface area contributed by atoms with Crippen molar-refractivity contribution in [2.45, 2.75) is 38.2 Å². The number of hydrogen-bond donors (Lipinski definition) is 4. The molecule has 1 saturated heterocycles. The molecule has 1 aliphatic heterocycles. The standard InChI is InChI=1S/C17H27N3O4S.ClH/c1-17(2,3)20-25(23,24)11-12-5-4-6-13(7-12)16(22)19-9-14-8-18-10-15(14)21;/h4-7,14-15,18,20-21H,8-11H2,1-3H3,(H,19,22);1H. The first-order chi connectivity index (χ1) is 11.6. The highest BCUT2D eigenvalue weighted by Gasteiger charge is 2.25. The van der Waals surface area contributed by atoms with E-state index in [0.29, 0.717) is 30.8 Å². The van der Waals surface area contributed by atoms with Crippen LogP contribution in [-0.4, -0.2) is 50.7 Å². The molecule has 148 valence electrons. The number of nitrogens with one attached hydrogen (secondary N) is 3. The van der Waals surface area contributed by atoms with Crippen LogP contribution in [0, 0.1) is 5.92 Å². The first-order valence-corrected chi connectivity index (χ1v) is 9.98. The lowest BCUT2D eigenvalue weighted by Gasteiger charge is -2.20. The van der Waals surface area contributed by atoms with E-state index in [1.165, 1.54) is 0 Å². The molecule has 1 aliphatic rings. The molecule has 2 atom stereocenters. The predicted molar refractivity (Wildman–Crippen MR) is 104 cm³/mol. The third-order valence-corrected chi connectivity index (χ3v) is 5.47. The normalized spacial score (nSPS) is 20.5. The Morgan fingerprint density at radius 3 is 2.58 bits per heavy atom. The van der Waals surface area contributed by atoms with Crippen molar-refractivity contribution in [3.8, 4) is 0 Å². The third-order valence-electron chi connectivity index (χ3n) is 3.84. The molecule has 0 saturated carbocycles. The lowest BCUT2D eigenvalue weighted by atomic mass is 10.1. The number of β-amino-alcohol motifs (C(OH)–C–C–N with tert-alkyl or cyclic N) is 1. The Balaban J connectivity index is 0.00000338. The maximum Gasteiger partial charge on any atom is 0.251 e. The fourth-order valence-corrected chi connectivity index (χ4v) is 4.40. The molecule has 1 amide bonds. The Hall–Kier alpha value is -1.19. The minimum absolute atomic E-state index is 0. The number of aliphatic hydroxyl groups is 1. The van der Waals surface area contributed by atoms with Crippen molar-refractivity contribution >= 4 is 28.3 Å². The van der Waals surface area contributed by atoms with Crippen LogP contribution in [0.2, 0.25) is 0 Å². The number of rotatable bonds is 6. The Labute approximate surface area is 161 Å². The van der Waals surface area contributed by atoms with E-state index in [1.807, 2.05) is 0 Å². The summed E-state index contributed by atoms with van der Waals surface area (Å²) in [5, 5.41) is 15.6. The van der Waals surface area contributed by atoms with Gasteiger partial charge in [0.05, 0.1) is 11.9 Å². The molecular weight excluding hydrogens is 378 g/mol. The zero-order valence-electron chi connectivity index (χ0n) is 15.3. The molecule has 2 unspecified atom stereocenters. The molecule has 1 heterocycles. The summed E-state index contributed by atoms with van der Waals surface area (Å²) in [5.74, 6) is -0.470. The molecule has 9 heteroatoms. The summed E-state index contributed by atoms with van der Waals surface area (Å²) >= 11 is 0. The maximum absolute atomic E-state index is 12.3. The van der Waals surface area contributed by atoms with E-state index in [4.69, 9.17) is 0 Å². The molecule has 0 radical (unpaired) electrons. The highest BCUT2D eigenvalue weighted by Crippen LogP contribution is 2.12. The summed E-state index contributed by atoms with van der Waals surface area (Å²) in [5.41, 5.74) is 0.403. The first-order valence-electron chi connectivity index (χ1n) is 8.33. The predicted octanol–water partition coefficient (Wildman–Crippen LogP) is 0.636. The Morgan fingerprint density at radius 1 is 1.31 bits per heavy atom. The topological polar surface area (TPSA) is 108 Å². The largest absolute Gasteiger partial charge is 0.391 e. The third kappa shape index (κ3) is 7.20. The van der Waals surface area contributed by atoms with E-state index in [0.717, 1.165) is 0 Å². The molecule has 2 rings (SSSR count). The number of carbonyl (C=O) groups is 1. The van der Waals surface area contributed by atoms with Gasteiger partial charge >= 0.3 is 0 Å². The SMILES string of the molecule is CC(C)(C)NS(=O)(=O)Cc1cccc(C(=O)NCC2CNCC2O)c1.Cl. The maximum atomic E-state index is 12.3. The van der Waals surface area contributed by atoms with E-state index in [9.17, 15) is 18.3 Å². The Morgan fingerprint density at radius 2 is 2.00 bits per heavy atom. The van der Waals surface area contributed by atoms with Crippen LogP contribution in [0.4, 0.5) is 0 Å². The molecule has 0 spiro atoms. The summed E-state index contributed by atoms with van der Waals surface area (Å²) in [6, 6.07) is 6.58. The summed E-state index contributed by atoms with van der Waals surface area (Å²) in [4.78, 5) is 12.3. The van der Waals surface area contributed by atoms with Crippen LogP contribution >= 0.6 is 12.4 Å². The van der Waals surface area contributed by atoms with Gasteiger partial charge in [-0.15, -0.1) is 12.4 Å². The van der Waals surface area contributed by atoms with Crippen LogP contribution in [0.25, 0.3) is 0 Å². The van der Waals surface area contributed by atoms with Crippen LogP contribution in [0.5, 0.6) is 0 Å². The summed E-state index contributed by atoms with van der Waals surface area (Å²) in [6.45, 7) is 6.91. The van der Waals surface area contributed by atoms with Crippen LogP contribution in [0.3, 0.4) is 0 Å². The van der Waals surface area contributed by atoms with Gasteiger partial charge in [-0.05, 0) is 38.5 Å². The van der Waals surface area contributed by atoms with E-state index in [-0.39, 0.29) is 30.0 Å². The fourth-order valence-electron chi connectivity index (χ4n) is 2.78. The summed E-state index contributed by atoms with van der Waals surface area (Å²) in [7, 11) is -3.49. The minimum atomic E-state index is -3.49. The fraction of sp³-hybridized carbons (Fsp3) is 0.588. The number of amides is 1. The highest BCUT2D eigenvalue weighted by atomic mass is 35.5. The second-order valence-corrected chi connectivity index (χ2v) is 9.23. The van der Waals surface area contributed by atoms with Gasteiger partial charge in [-0.25, -0.2) is 13.1 Å². The number of halogens is 1. The number of carbonyl (C=O) groups excluding carboxylic acids is 1. The minimum Gasteiger partial charge on any atom is -0.391 e. The van der Waals surface area contributed by atoms with E-state index < -0.39 is 21.7 Å². The van der Waals surface area contributed by atoms with Crippen molar-refractivity contribution in [1.82, 2.24) is 15.4 Å². The zero-order valence-corrected chi connectivity index (χ0v) is 16.9. The van der Waals surface area contributed by atoms with Crippen molar-refractivity contribution in [3.05, 3.63) is 35.4 Å². The average molecular weight is 406 g/mol. The van der Waals surface area contributed by atoms with E-state index in [1.54, 1.807) is 45.0 Å². The smallest absolute Gasteiger partial charge is 0.251 e. The van der Waals surface area contributed by atoms with Gasteiger partial charge in [0, 0.05) is 36.7 Å². The van der Waals surface area contributed by atoms with Crippen molar-refractivity contribution < 1.29 is 18.3 Å². The van der Waals surface area contributed by atoms with E-state index in [2.05, 4.69) is 15.4 Å². The van der Waals surface area contributed by atoms with Crippen molar-refractivity contribution in [2.24, 2.45) is 5.92 Å². The van der Waals surface area contributed by atoms with Gasteiger partial charge in [-0.1, -0.05) is 12.1 Å². The number of hydrogen-bond acceptors (Lipinski definition) is 5. The van der Waals surface area contributed by atoms with Crippen LogP contribution in [0.15, 0.2) is 24.3 Å². The monoisotopic (exact) mass is 405 g/mol. The molecular formula is C17H28ClN3O4S. The van der Waals surface area contributed by atoms with Gasteiger partial charge < -0.3 is 15.7 Å². The lowest BCUT2D eigenvalue weighted by Crippen LogP contribution is -2.41. The number of sulfonamides is 1. The molecule has 0 aromatic heterocycles. The lowest BCUT2D eigenvalue weighted by molar-refractivity contribution is 0.0927. The molecule has 1 aromatic rings. The highest BCUT2D eigenvalue weighted by molar-refractivity contribution is 7.88. The second-order valence-electron chi connectivity index (χ2n) is 7.51. The van der Waals surface area contributed by atoms with Gasteiger partial charge in [0.15, 0.2) is 0 Å². The van der Waals surface area contributed by atoms with Gasteiger partial charge in [0.1, 0.15) is 0 Å². The Bertz CT molecular complexity index is 719. The van der Waals surface area contributed by atoms with Crippen LogP contribution in [-0.2, 0) is 15.8 Å². The van der Waals surface area contributed by atoms with Gasteiger partial charge in [-0.2, -0.15) is 0 Å². The molecule has 0 bridgehead atoms. The summed E-state index contributed by atoms with van der Waals surface area (Å²) < 4.78 is 27.0. The van der Waals surface area contributed by atoms with Crippen LogP contribution in [0.1, 0.15) is 36.7 Å². The van der Waals surface area contributed by atoms with Crippen molar-refractivity contribution in [1.29, 1.82) is 0 Å². The van der Waals surface area contributed by atoms with Gasteiger partial charge in [0.25, 0.3) is 5.91 Å². The quantitative estimate of drug-likeness (QED) is 0.555. The van der Waals surface area contributed by atoms with Gasteiger partial charge in [-0.3, -0.25) is 4.79 Å². The Kier molecular flexibility index (Phi) is 8.04. The number of aliphatic hydroxyl groups excluding tert-OH is 1. The van der Waals surface area contributed by atoms with E-state index >= 15 is 0 Å². The molecule has 1 fully saturated rings. The molecule has 4 N–H and O–H groups in total. The second kappa shape index (κ2) is 9.14. The molecule has 1 aromatic carbocycles. The van der Waals surface area contributed by atoms with Crippen molar-refractivity contribution in [3.63, 3.8) is 0 Å². The zero-order chi connectivity index (χ0) is 18.7. The molecule has 0 aliphatic carbocycles. The number of benzene rings is 1. The first kappa shape index (κ1) is 22.9. The molecule has 26 heavy (non-hydrogen) atoms.